The largest absolute Gasteiger partial charge is 0.383 e. The van der Waals surface area contributed by atoms with E-state index >= 15 is 0 Å². The second kappa shape index (κ2) is 5.41. The summed E-state index contributed by atoms with van der Waals surface area (Å²) in [5, 5.41) is 3.48. The van der Waals surface area contributed by atoms with E-state index in [9.17, 15) is 0 Å². The lowest BCUT2D eigenvalue weighted by molar-refractivity contribution is 0.199. The Labute approximate surface area is 111 Å². The topological polar surface area (TPSA) is 21.3 Å². The van der Waals surface area contributed by atoms with Crippen molar-refractivity contribution in [3.63, 3.8) is 0 Å². The van der Waals surface area contributed by atoms with Crippen molar-refractivity contribution in [1.29, 1.82) is 0 Å². The molecule has 2 unspecified atom stereocenters. The van der Waals surface area contributed by atoms with E-state index in [4.69, 9.17) is 4.74 Å². The Morgan fingerprint density at radius 1 is 1.28 bits per heavy atom. The first-order chi connectivity index (χ1) is 8.56. The van der Waals surface area contributed by atoms with Gasteiger partial charge in [-0.2, -0.15) is 0 Å². The summed E-state index contributed by atoms with van der Waals surface area (Å²) >= 11 is 0. The Morgan fingerprint density at radius 2 is 1.94 bits per heavy atom. The molecule has 2 heteroatoms. The predicted molar refractivity (Wildman–Crippen MR) is 76.1 cm³/mol. The number of benzene rings is 1. The first-order valence-corrected chi connectivity index (χ1v) is 6.84. The molecule has 1 saturated carbocycles. The molecule has 100 valence electrons. The second-order valence-corrected chi connectivity index (χ2v) is 5.89. The number of aryl methyl sites for hydroxylation is 2. The van der Waals surface area contributed by atoms with Crippen LogP contribution in [0.4, 0.5) is 0 Å². The quantitative estimate of drug-likeness (QED) is 0.781. The Morgan fingerprint density at radius 3 is 2.56 bits per heavy atom. The molecule has 0 aliphatic heterocycles. The minimum absolute atomic E-state index is 0.386. The van der Waals surface area contributed by atoms with Crippen LogP contribution >= 0.6 is 0 Å². The number of ether oxygens (including phenoxy) is 1. The van der Waals surface area contributed by atoms with Gasteiger partial charge in [-0.1, -0.05) is 36.2 Å². The van der Waals surface area contributed by atoms with Gasteiger partial charge in [-0.05, 0) is 43.7 Å². The molecule has 0 heterocycles. The smallest absolute Gasteiger partial charge is 0.0587 e. The van der Waals surface area contributed by atoms with Gasteiger partial charge >= 0.3 is 0 Å². The highest BCUT2D eigenvalue weighted by molar-refractivity contribution is 5.38. The van der Waals surface area contributed by atoms with E-state index in [1.165, 1.54) is 23.1 Å². The fourth-order valence-electron chi connectivity index (χ4n) is 2.86. The van der Waals surface area contributed by atoms with Gasteiger partial charge in [0.1, 0.15) is 0 Å². The molecule has 0 aromatic heterocycles. The molecule has 0 saturated heterocycles. The van der Waals surface area contributed by atoms with Gasteiger partial charge in [0.2, 0.25) is 0 Å². The molecule has 0 bridgehead atoms. The average molecular weight is 247 g/mol. The van der Waals surface area contributed by atoms with Crippen LogP contribution in [-0.2, 0) is 10.2 Å². The van der Waals surface area contributed by atoms with Crippen molar-refractivity contribution in [1.82, 2.24) is 5.32 Å². The van der Waals surface area contributed by atoms with Gasteiger partial charge in [0.05, 0.1) is 6.61 Å². The minimum Gasteiger partial charge on any atom is -0.383 e. The monoisotopic (exact) mass is 247 g/mol. The molecule has 2 rings (SSSR count). The molecular weight excluding hydrogens is 222 g/mol. The summed E-state index contributed by atoms with van der Waals surface area (Å²) < 4.78 is 5.05. The molecule has 18 heavy (non-hydrogen) atoms. The van der Waals surface area contributed by atoms with Crippen LogP contribution in [0.15, 0.2) is 18.2 Å². The molecule has 0 spiro atoms. The summed E-state index contributed by atoms with van der Waals surface area (Å²) in [6.07, 6.45) is 1.30. The second-order valence-electron chi connectivity index (χ2n) is 5.89. The third kappa shape index (κ3) is 2.93. The van der Waals surface area contributed by atoms with Crippen LogP contribution in [0.2, 0.25) is 0 Å². The molecule has 2 nitrogen and oxygen atoms in total. The van der Waals surface area contributed by atoms with Crippen molar-refractivity contribution in [2.75, 3.05) is 26.8 Å². The molecule has 1 aromatic carbocycles. The van der Waals surface area contributed by atoms with E-state index in [2.05, 4.69) is 44.3 Å². The SMILES string of the molecule is COCCNCC1CC1(C)c1cc(C)cc(C)c1. The Balaban J connectivity index is 1.93. The minimum atomic E-state index is 0.386. The first kappa shape index (κ1) is 13.6. The highest BCUT2D eigenvalue weighted by atomic mass is 16.5. The molecular formula is C16H25NO. The van der Waals surface area contributed by atoms with Crippen molar-refractivity contribution in [2.24, 2.45) is 5.92 Å². The molecule has 1 aromatic rings. The highest BCUT2D eigenvalue weighted by Crippen LogP contribution is 2.53. The molecule has 0 radical (unpaired) electrons. The van der Waals surface area contributed by atoms with Crippen molar-refractivity contribution >= 4 is 0 Å². The third-order valence-electron chi connectivity index (χ3n) is 4.17. The number of rotatable bonds is 6. The summed E-state index contributed by atoms with van der Waals surface area (Å²) in [6.45, 7) is 9.63. The maximum absolute atomic E-state index is 5.05. The normalized spacial score (nSPS) is 26.3. The van der Waals surface area contributed by atoms with Crippen molar-refractivity contribution in [3.8, 4) is 0 Å². The average Bonchev–Trinajstić information content (AvgIpc) is 2.96. The van der Waals surface area contributed by atoms with E-state index in [1.807, 2.05) is 0 Å². The molecule has 1 fully saturated rings. The van der Waals surface area contributed by atoms with E-state index in [0.717, 1.165) is 25.6 Å². The van der Waals surface area contributed by atoms with Crippen molar-refractivity contribution in [2.45, 2.75) is 32.6 Å². The van der Waals surface area contributed by atoms with E-state index < -0.39 is 0 Å². The lowest BCUT2D eigenvalue weighted by Crippen LogP contribution is -2.24. The van der Waals surface area contributed by atoms with Gasteiger partial charge in [0.15, 0.2) is 0 Å². The summed E-state index contributed by atoms with van der Waals surface area (Å²) in [6, 6.07) is 6.95. The number of hydrogen-bond acceptors (Lipinski definition) is 2. The zero-order chi connectivity index (χ0) is 13.2. The summed E-state index contributed by atoms with van der Waals surface area (Å²) in [4.78, 5) is 0. The van der Waals surface area contributed by atoms with Gasteiger partial charge in [-0.3, -0.25) is 0 Å². The van der Waals surface area contributed by atoms with Crippen LogP contribution < -0.4 is 5.32 Å². The lowest BCUT2D eigenvalue weighted by Gasteiger charge is -2.14. The fraction of sp³-hybridized carbons (Fsp3) is 0.625. The van der Waals surface area contributed by atoms with Crippen LogP contribution in [0.3, 0.4) is 0 Å². The summed E-state index contributed by atoms with van der Waals surface area (Å²) in [5.41, 5.74) is 4.66. The van der Waals surface area contributed by atoms with Crippen LogP contribution in [0.5, 0.6) is 0 Å². The summed E-state index contributed by atoms with van der Waals surface area (Å²) in [5.74, 6) is 0.774. The zero-order valence-electron chi connectivity index (χ0n) is 12.0. The Bertz CT molecular complexity index is 395. The van der Waals surface area contributed by atoms with Gasteiger partial charge in [-0.25, -0.2) is 0 Å². The Hall–Kier alpha value is -0.860. The van der Waals surface area contributed by atoms with Crippen molar-refractivity contribution < 1.29 is 4.74 Å². The van der Waals surface area contributed by atoms with Gasteiger partial charge in [0.25, 0.3) is 0 Å². The Kier molecular flexibility index (Phi) is 4.08. The third-order valence-corrected chi connectivity index (χ3v) is 4.17. The number of methoxy groups -OCH3 is 1. The fourth-order valence-corrected chi connectivity index (χ4v) is 2.86. The van der Waals surface area contributed by atoms with E-state index in [-0.39, 0.29) is 0 Å². The van der Waals surface area contributed by atoms with Crippen LogP contribution in [0.25, 0.3) is 0 Å². The van der Waals surface area contributed by atoms with E-state index in [0.29, 0.717) is 5.41 Å². The molecule has 2 atom stereocenters. The van der Waals surface area contributed by atoms with Crippen molar-refractivity contribution in [3.05, 3.63) is 34.9 Å². The molecule has 1 aliphatic carbocycles. The molecule has 1 aliphatic rings. The highest BCUT2D eigenvalue weighted by Gasteiger charge is 2.50. The predicted octanol–water partition coefficient (Wildman–Crippen LogP) is 2.82. The molecule has 0 amide bonds. The van der Waals surface area contributed by atoms with Gasteiger partial charge < -0.3 is 10.1 Å². The van der Waals surface area contributed by atoms with E-state index in [1.54, 1.807) is 7.11 Å². The van der Waals surface area contributed by atoms with Gasteiger partial charge in [0, 0.05) is 13.7 Å². The zero-order valence-corrected chi connectivity index (χ0v) is 12.0. The van der Waals surface area contributed by atoms with Crippen LogP contribution in [-0.4, -0.2) is 26.8 Å². The van der Waals surface area contributed by atoms with Gasteiger partial charge in [-0.15, -0.1) is 0 Å². The standard InChI is InChI=1S/C16H25NO/c1-12-7-13(2)9-14(8-12)16(3)10-15(16)11-17-5-6-18-4/h7-9,15,17H,5-6,10-11H2,1-4H3. The maximum Gasteiger partial charge on any atom is 0.0587 e. The number of hydrogen-bond donors (Lipinski definition) is 1. The number of nitrogens with one attached hydrogen (secondary N) is 1. The van der Waals surface area contributed by atoms with Crippen LogP contribution in [0.1, 0.15) is 30.0 Å². The lowest BCUT2D eigenvalue weighted by atomic mass is 9.92. The molecule has 1 N–H and O–H groups in total. The first-order valence-electron chi connectivity index (χ1n) is 6.84. The van der Waals surface area contributed by atoms with Crippen LogP contribution in [0, 0.1) is 19.8 Å². The maximum atomic E-state index is 5.05. The summed E-state index contributed by atoms with van der Waals surface area (Å²) in [7, 11) is 1.75.